The minimum Gasteiger partial charge on any atom is -0.284 e. The van der Waals surface area contributed by atoms with Crippen molar-refractivity contribution in [1.82, 2.24) is 0 Å². The van der Waals surface area contributed by atoms with Gasteiger partial charge < -0.3 is 0 Å². The Morgan fingerprint density at radius 1 is 0.833 bits per heavy atom. The van der Waals surface area contributed by atoms with Crippen molar-refractivity contribution in [3.05, 3.63) is 71.3 Å². The lowest BCUT2D eigenvalue weighted by atomic mass is 9.93. The molecule has 3 rings (SSSR count). The Kier molecular flexibility index (Phi) is 4.30. The third-order valence-corrected chi connectivity index (χ3v) is 2.97. The van der Waals surface area contributed by atoms with Gasteiger partial charge in [0.05, 0.1) is 5.71 Å². The Morgan fingerprint density at radius 3 is 2.28 bits per heavy atom. The molecular weight excluding hydrogens is 218 g/mol. The minimum absolute atomic E-state index is 0.904. The molecule has 0 saturated carbocycles. The smallest absolute Gasteiger partial charge is 0.0721 e. The molecule has 92 valence electrons. The summed E-state index contributed by atoms with van der Waals surface area (Å²) < 4.78 is 0. The summed E-state index contributed by atoms with van der Waals surface area (Å²) >= 11 is 0. The number of aliphatic imine (C=N–C) groups is 1. The van der Waals surface area contributed by atoms with Crippen molar-refractivity contribution in [3.63, 3.8) is 0 Å². The lowest BCUT2D eigenvalue weighted by molar-refractivity contribution is 0.944. The molecule has 0 N–H and O–H groups in total. The van der Waals surface area contributed by atoms with Gasteiger partial charge in [0, 0.05) is 17.7 Å². The molecule has 2 aromatic rings. The summed E-state index contributed by atoms with van der Waals surface area (Å²) in [5.74, 6) is 0. The number of hydrogen-bond donors (Lipinski definition) is 0. The van der Waals surface area contributed by atoms with Crippen LogP contribution in [0.5, 0.6) is 0 Å². The van der Waals surface area contributed by atoms with Gasteiger partial charge in [-0.15, -0.1) is 0 Å². The van der Waals surface area contributed by atoms with Crippen LogP contribution in [0.4, 0.5) is 0 Å². The average molecular weight is 237 g/mol. The third kappa shape index (κ3) is 2.51. The minimum atomic E-state index is 0.904. The van der Waals surface area contributed by atoms with E-state index in [1.807, 2.05) is 19.9 Å². The summed E-state index contributed by atoms with van der Waals surface area (Å²) in [6, 6.07) is 19.0. The molecule has 0 unspecified atom stereocenters. The van der Waals surface area contributed by atoms with Crippen LogP contribution in [0.1, 0.15) is 30.5 Å². The topological polar surface area (TPSA) is 12.4 Å². The van der Waals surface area contributed by atoms with Crippen molar-refractivity contribution in [2.45, 2.75) is 20.3 Å². The van der Waals surface area contributed by atoms with Crippen molar-refractivity contribution >= 4 is 5.71 Å². The maximum Gasteiger partial charge on any atom is 0.0721 e. The fraction of sp³-hybridized carbons (Fsp3) is 0.235. The molecule has 0 fully saturated rings. The molecule has 1 heterocycles. The number of fused-ring (bicyclic) bond motifs is 1. The van der Waals surface area contributed by atoms with E-state index in [9.17, 15) is 0 Å². The summed E-state index contributed by atoms with van der Waals surface area (Å²) in [5.41, 5.74) is 5.06. The normalized spacial score (nSPS) is 12.9. The summed E-state index contributed by atoms with van der Waals surface area (Å²) in [5, 5.41) is 0. The first-order valence-electron chi connectivity index (χ1n) is 6.63. The molecule has 0 saturated heterocycles. The van der Waals surface area contributed by atoms with Crippen LogP contribution >= 0.6 is 0 Å². The molecule has 0 bridgehead atoms. The predicted octanol–water partition coefficient (Wildman–Crippen LogP) is 4.11. The van der Waals surface area contributed by atoms with Crippen molar-refractivity contribution in [2.24, 2.45) is 4.99 Å². The molecule has 0 aromatic heterocycles. The molecule has 18 heavy (non-hydrogen) atoms. The van der Waals surface area contributed by atoms with Crippen molar-refractivity contribution in [1.29, 1.82) is 0 Å². The van der Waals surface area contributed by atoms with E-state index in [-0.39, 0.29) is 0 Å². The first kappa shape index (κ1) is 12.6. The molecule has 0 spiro atoms. The summed E-state index contributed by atoms with van der Waals surface area (Å²) in [6.07, 6.45) is 1.06. The van der Waals surface area contributed by atoms with E-state index >= 15 is 0 Å². The number of hydrogen-bond acceptors (Lipinski definition) is 1. The van der Waals surface area contributed by atoms with E-state index in [0.717, 1.165) is 18.7 Å². The van der Waals surface area contributed by atoms with Gasteiger partial charge in [-0.05, 0) is 12.0 Å². The van der Waals surface area contributed by atoms with Crippen LogP contribution in [-0.2, 0) is 6.42 Å². The molecule has 0 atom stereocenters. The molecule has 0 radical (unpaired) electrons. The van der Waals surface area contributed by atoms with Gasteiger partial charge in [-0.25, -0.2) is 0 Å². The van der Waals surface area contributed by atoms with Crippen molar-refractivity contribution in [3.8, 4) is 0 Å². The molecule has 1 aliphatic heterocycles. The fourth-order valence-corrected chi connectivity index (χ4v) is 2.19. The second kappa shape index (κ2) is 6.15. The highest BCUT2D eigenvalue weighted by molar-refractivity contribution is 6.14. The zero-order chi connectivity index (χ0) is 12.8. The summed E-state index contributed by atoms with van der Waals surface area (Å²) in [7, 11) is 0. The molecule has 0 aliphatic carbocycles. The van der Waals surface area contributed by atoms with Crippen molar-refractivity contribution < 1.29 is 0 Å². The van der Waals surface area contributed by atoms with E-state index in [1.165, 1.54) is 16.7 Å². The summed E-state index contributed by atoms with van der Waals surface area (Å²) in [4.78, 5) is 4.66. The van der Waals surface area contributed by atoms with Crippen LogP contribution in [0.25, 0.3) is 0 Å². The zero-order valence-electron chi connectivity index (χ0n) is 11.1. The highest BCUT2D eigenvalue weighted by atomic mass is 14.7. The molecule has 0 amide bonds. The highest BCUT2D eigenvalue weighted by Crippen LogP contribution is 2.19. The Bertz CT molecular complexity index is 526. The number of benzene rings is 2. The fourth-order valence-electron chi connectivity index (χ4n) is 2.19. The van der Waals surface area contributed by atoms with Gasteiger partial charge >= 0.3 is 0 Å². The van der Waals surface area contributed by atoms with Crippen LogP contribution in [0.3, 0.4) is 0 Å². The second-order valence-electron chi connectivity index (χ2n) is 4.00. The first-order valence-corrected chi connectivity index (χ1v) is 6.63. The molecule has 1 nitrogen and oxygen atoms in total. The van der Waals surface area contributed by atoms with Gasteiger partial charge in [-0.1, -0.05) is 68.4 Å². The Hall–Kier alpha value is -1.89. The first-order chi connectivity index (χ1) is 8.95. The van der Waals surface area contributed by atoms with Gasteiger partial charge in [0.2, 0.25) is 0 Å². The largest absolute Gasteiger partial charge is 0.284 e. The van der Waals surface area contributed by atoms with Gasteiger partial charge in [0.15, 0.2) is 0 Å². The van der Waals surface area contributed by atoms with Gasteiger partial charge in [0.25, 0.3) is 0 Å². The lowest BCUT2D eigenvalue weighted by Crippen LogP contribution is -2.13. The van der Waals surface area contributed by atoms with Gasteiger partial charge in [-0.3, -0.25) is 4.99 Å². The van der Waals surface area contributed by atoms with Crippen molar-refractivity contribution in [2.75, 3.05) is 6.54 Å². The maximum atomic E-state index is 4.66. The van der Waals surface area contributed by atoms with E-state index < -0.39 is 0 Å². The zero-order valence-corrected chi connectivity index (χ0v) is 11.1. The number of nitrogens with zero attached hydrogens (tertiary/aromatic N) is 1. The molecule has 1 aliphatic rings. The molecular formula is C17H19N. The van der Waals surface area contributed by atoms with E-state index in [4.69, 9.17) is 0 Å². The van der Waals surface area contributed by atoms with Crippen LogP contribution in [0.2, 0.25) is 0 Å². The van der Waals surface area contributed by atoms with Crippen LogP contribution in [0.15, 0.2) is 59.6 Å². The van der Waals surface area contributed by atoms with Gasteiger partial charge in [-0.2, -0.15) is 0 Å². The Labute approximate surface area is 109 Å². The molecule has 2 aromatic carbocycles. The predicted molar refractivity (Wildman–Crippen MR) is 78.4 cm³/mol. The number of rotatable bonds is 1. The average Bonchev–Trinajstić information content (AvgIpc) is 2.50. The maximum absolute atomic E-state index is 4.66. The second-order valence-corrected chi connectivity index (χ2v) is 4.00. The highest BCUT2D eigenvalue weighted by Gasteiger charge is 2.14. The van der Waals surface area contributed by atoms with E-state index in [1.54, 1.807) is 0 Å². The van der Waals surface area contributed by atoms with E-state index in [0.29, 0.717) is 0 Å². The monoisotopic (exact) mass is 237 g/mol. The third-order valence-electron chi connectivity index (χ3n) is 2.97. The Morgan fingerprint density at radius 2 is 1.50 bits per heavy atom. The summed E-state index contributed by atoms with van der Waals surface area (Å²) in [6.45, 7) is 4.90. The SMILES string of the molecule is CC.c1ccc(C2=NCCc3ccccc32)cc1. The Balaban J connectivity index is 0.000000574. The van der Waals surface area contributed by atoms with Crippen LogP contribution in [-0.4, -0.2) is 12.3 Å². The van der Waals surface area contributed by atoms with Gasteiger partial charge in [0.1, 0.15) is 0 Å². The quantitative estimate of drug-likeness (QED) is 0.708. The molecule has 1 heteroatoms. The van der Waals surface area contributed by atoms with Crippen LogP contribution < -0.4 is 0 Å². The standard InChI is InChI=1S/C15H13N.C2H6/c1-2-7-13(8-3-1)15-14-9-5-4-6-12(14)10-11-16-15;1-2/h1-9H,10-11H2;1-2H3. The van der Waals surface area contributed by atoms with Crippen LogP contribution in [0, 0.1) is 0 Å². The lowest BCUT2D eigenvalue weighted by Gasteiger charge is -2.16. The van der Waals surface area contributed by atoms with E-state index in [2.05, 4.69) is 53.5 Å².